The van der Waals surface area contributed by atoms with E-state index in [9.17, 15) is 4.79 Å². The van der Waals surface area contributed by atoms with Gasteiger partial charge in [-0.25, -0.2) is 9.97 Å². The molecular formula is C22H17ClN3O+. The molecule has 132 valence electrons. The smallest absolute Gasteiger partial charge is 0.252 e. The molecule has 0 saturated carbocycles. The summed E-state index contributed by atoms with van der Waals surface area (Å²) in [6.07, 6.45) is 3.70. The molecule has 0 spiro atoms. The monoisotopic (exact) mass is 374 g/mol. The van der Waals surface area contributed by atoms with Crippen molar-refractivity contribution in [2.75, 3.05) is 0 Å². The van der Waals surface area contributed by atoms with Crippen LogP contribution in [-0.2, 0) is 6.54 Å². The maximum Gasteiger partial charge on any atom is 0.252 e. The first-order valence-corrected chi connectivity index (χ1v) is 8.97. The lowest BCUT2D eigenvalue weighted by atomic mass is 10.0. The molecule has 0 aliphatic carbocycles. The lowest BCUT2D eigenvalue weighted by Gasteiger charge is -2.10. The van der Waals surface area contributed by atoms with Gasteiger partial charge in [-0.05, 0) is 30.3 Å². The Morgan fingerprint density at radius 3 is 2.63 bits per heavy atom. The Bertz CT molecular complexity index is 1100. The highest BCUT2D eigenvalue weighted by atomic mass is 35.5. The van der Waals surface area contributed by atoms with Crippen molar-refractivity contribution in [3.8, 4) is 11.3 Å². The number of aromatic nitrogens is 2. The summed E-state index contributed by atoms with van der Waals surface area (Å²) in [5.74, 6) is -0.132. The fourth-order valence-electron chi connectivity index (χ4n) is 2.95. The highest BCUT2D eigenvalue weighted by Gasteiger charge is 2.14. The van der Waals surface area contributed by atoms with Crippen LogP contribution in [0, 0.1) is 0 Å². The molecule has 0 unspecified atom stereocenters. The Labute approximate surface area is 161 Å². The van der Waals surface area contributed by atoms with E-state index < -0.39 is 0 Å². The van der Waals surface area contributed by atoms with Crippen molar-refractivity contribution in [3.05, 3.63) is 95.3 Å². The lowest BCUT2D eigenvalue weighted by molar-refractivity contribution is -0.378. The SMILES string of the molecule is O=C(NCc1ccc[nH+]c1)c1cc(-c2ccc(Cl)cc2)nc2ccccc12. The molecule has 5 heteroatoms. The van der Waals surface area contributed by atoms with Gasteiger partial charge in [0, 0.05) is 34.1 Å². The van der Waals surface area contributed by atoms with Crippen molar-refractivity contribution in [1.29, 1.82) is 0 Å². The highest BCUT2D eigenvalue weighted by Crippen LogP contribution is 2.26. The third kappa shape index (κ3) is 3.81. The second-order valence-electron chi connectivity index (χ2n) is 6.17. The van der Waals surface area contributed by atoms with Crippen LogP contribution in [0.2, 0.25) is 5.02 Å². The average molecular weight is 375 g/mol. The minimum absolute atomic E-state index is 0.132. The molecular weight excluding hydrogens is 358 g/mol. The number of rotatable bonds is 4. The molecule has 2 aromatic heterocycles. The van der Waals surface area contributed by atoms with Gasteiger partial charge < -0.3 is 5.32 Å². The van der Waals surface area contributed by atoms with E-state index in [0.29, 0.717) is 17.1 Å². The van der Waals surface area contributed by atoms with Crippen molar-refractivity contribution in [2.24, 2.45) is 0 Å². The summed E-state index contributed by atoms with van der Waals surface area (Å²) in [7, 11) is 0. The summed E-state index contributed by atoms with van der Waals surface area (Å²) >= 11 is 5.99. The van der Waals surface area contributed by atoms with Crippen molar-refractivity contribution in [3.63, 3.8) is 0 Å². The molecule has 0 bridgehead atoms. The number of amides is 1. The Kier molecular flexibility index (Phi) is 4.81. The second-order valence-corrected chi connectivity index (χ2v) is 6.61. The highest BCUT2D eigenvalue weighted by molar-refractivity contribution is 6.30. The van der Waals surface area contributed by atoms with E-state index in [2.05, 4.69) is 10.3 Å². The number of nitrogens with one attached hydrogen (secondary N) is 2. The molecule has 4 aromatic rings. The Hall–Kier alpha value is -3.24. The maximum atomic E-state index is 12.9. The van der Waals surface area contributed by atoms with Crippen LogP contribution in [0.4, 0.5) is 0 Å². The summed E-state index contributed by atoms with van der Waals surface area (Å²) in [6.45, 7) is 0.448. The van der Waals surface area contributed by atoms with Crippen LogP contribution in [0.1, 0.15) is 15.9 Å². The Morgan fingerprint density at radius 1 is 1.04 bits per heavy atom. The predicted octanol–water partition coefficient (Wildman–Crippen LogP) is 4.30. The largest absolute Gasteiger partial charge is 0.348 e. The lowest BCUT2D eigenvalue weighted by Crippen LogP contribution is -2.24. The van der Waals surface area contributed by atoms with E-state index in [1.165, 1.54) is 0 Å². The minimum atomic E-state index is -0.132. The van der Waals surface area contributed by atoms with Crippen molar-refractivity contribution in [2.45, 2.75) is 6.54 Å². The number of hydrogen-bond donors (Lipinski definition) is 1. The number of hydrogen-bond acceptors (Lipinski definition) is 2. The summed E-state index contributed by atoms with van der Waals surface area (Å²) < 4.78 is 0. The molecule has 0 aliphatic heterocycles. The van der Waals surface area contributed by atoms with Crippen molar-refractivity contribution < 1.29 is 9.78 Å². The van der Waals surface area contributed by atoms with E-state index >= 15 is 0 Å². The number of aromatic amines is 1. The van der Waals surface area contributed by atoms with Crippen LogP contribution in [0.3, 0.4) is 0 Å². The van der Waals surface area contributed by atoms with E-state index in [1.54, 1.807) is 0 Å². The molecule has 2 aromatic carbocycles. The summed E-state index contributed by atoms with van der Waals surface area (Å²) in [5, 5.41) is 4.48. The summed E-state index contributed by atoms with van der Waals surface area (Å²) in [6, 6.07) is 20.8. The van der Waals surface area contributed by atoms with E-state index in [-0.39, 0.29) is 5.91 Å². The quantitative estimate of drug-likeness (QED) is 0.579. The standard InChI is InChI=1S/C22H16ClN3O/c23-17-9-7-16(8-10-17)21-12-19(18-5-1-2-6-20(18)26-21)22(27)25-14-15-4-3-11-24-13-15/h1-13H,14H2,(H,25,27)/p+1. The number of fused-ring (bicyclic) bond motifs is 1. The minimum Gasteiger partial charge on any atom is -0.348 e. The fraction of sp³-hybridized carbons (Fsp3) is 0.0455. The topological polar surface area (TPSA) is 56.1 Å². The number of nitrogens with zero attached hydrogens (tertiary/aromatic N) is 1. The molecule has 0 aliphatic rings. The van der Waals surface area contributed by atoms with Gasteiger partial charge in [0.05, 0.1) is 16.8 Å². The second kappa shape index (κ2) is 7.56. The number of benzene rings is 2. The molecule has 4 rings (SSSR count). The average Bonchev–Trinajstić information content (AvgIpc) is 2.72. The first-order chi connectivity index (χ1) is 13.2. The molecule has 0 saturated heterocycles. The number of pyridine rings is 2. The maximum absolute atomic E-state index is 12.9. The predicted molar refractivity (Wildman–Crippen MR) is 106 cm³/mol. The van der Waals surface area contributed by atoms with Gasteiger partial charge in [-0.15, -0.1) is 0 Å². The normalized spacial score (nSPS) is 10.7. The van der Waals surface area contributed by atoms with Gasteiger partial charge in [0.1, 0.15) is 0 Å². The number of carbonyl (C=O) groups is 1. The van der Waals surface area contributed by atoms with Crippen LogP contribution in [0.15, 0.2) is 79.1 Å². The van der Waals surface area contributed by atoms with Gasteiger partial charge >= 0.3 is 0 Å². The van der Waals surface area contributed by atoms with Gasteiger partial charge in [0.2, 0.25) is 0 Å². The van der Waals surface area contributed by atoms with E-state index in [0.717, 1.165) is 27.7 Å². The van der Waals surface area contributed by atoms with Gasteiger partial charge in [-0.3, -0.25) is 4.79 Å². The van der Waals surface area contributed by atoms with Crippen LogP contribution in [-0.4, -0.2) is 10.9 Å². The zero-order valence-corrected chi connectivity index (χ0v) is 15.2. The fourth-order valence-corrected chi connectivity index (χ4v) is 3.08. The van der Waals surface area contributed by atoms with Gasteiger partial charge in [-0.2, -0.15) is 0 Å². The Morgan fingerprint density at radius 2 is 1.85 bits per heavy atom. The van der Waals surface area contributed by atoms with Gasteiger partial charge in [0.25, 0.3) is 5.91 Å². The van der Waals surface area contributed by atoms with Crippen molar-refractivity contribution in [1.82, 2.24) is 10.3 Å². The number of H-pyrrole nitrogens is 1. The zero-order valence-electron chi connectivity index (χ0n) is 14.4. The molecule has 0 atom stereocenters. The van der Waals surface area contributed by atoms with E-state index in [4.69, 9.17) is 16.6 Å². The zero-order chi connectivity index (χ0) is 18.6. The summed E-state index contributed by atoms with van der Waals surface area (Å²) in [5.41, 5.74) is 4.04. The first kappa shape index (κ1) is 17.2. The molecule has 27 heavy (non-hydrogen) atoms. The van der Waals surface area contributed by atoms with Crippen LogP contribution < -0.4 is 10.3 Å². The Balaban J connectivity index is 1.72. The summed E-state index contributed by atoms with van der Waals surface area (Å²) in [4.78, 5) is 20.6. The molecule has 1 amide bonds. The molecule has 0 fully saturated rings. The third-order valence-corrected chi connectivity index (χ3v) is 4.58. The van der Waals surface area contributed by atoms with E-state index in [1.807, 2.05) is 79.1 Å². The molecule has 2 N–H and O–H groups in total. The van der Waals surface area contributed by atoms with Gasteiger partial charge in [-0.1, -0.05) is 41.9 Å². The number of halogens is 1. The third-order valence-electron chi connectivity index (χ3n) is 4.33. The van der Waals surface area contributed by atoms with Crippen LogP contribution >= 0.6 is 11.6 Å². The molecule has 4 nitrogen and oxygen atoms in total. The molecule has 2 heterocycles. The molecule has 0 radical (unpaired) electrons. The van der Waals surface area contributed by atoms with Crippen LogP contribution in [0.5, 0.6) is 0 Å². The van der Waals surface area contributed by atoms with Crippen molar-refractivity contribution >= 4 is 28.4 Å². The number of para-hydroxylation sites is 1. The van der Waals surface area contributed by atoms with Gasteiger partial charge in [0.15, 0.2) is 12.4 Å². The van der Waals surface area contributed by atoms with Crippen LogP contribution in [0.25, 0.3) is 22.2 Å². The number of carbonyl (C=O) groups excluding carboxylic acids is 1. The first-order valence-electron chi connectivity index (χ1n) is 8.59.